The molecule has 0 amide bonds. The Hall–Kier alpha value is -1.31. The third kappa shape index (κ3) is 1.84. The molecule has 64 valence electrons. The van der Waals surface area contributed by atoms with Gasteiger partial charge in [0.25, 0.3) is 0 Å². The lowest BCUT2D eigenvalue weighted by Gasteiger charge is -2.00. The summed E-state index contributed by atoms with van der Waals surface area (Å²) in [7, 11) is 0. The minimum atomic E-state index is 0.797. The van der Waals surface area contributed by atoms with Crippen LogP contribution in [-0.4, -0.2) is 10.1 Å². The van der Waals surface area contributed by atoms with Crippen molar-refractivity contribution >= 4 is 5.57 Å². The average Bonchev–Trinajstić information content (AvgIpc) is 2.17. The van der Waals surface area contributed by atoms with E-state index in [4.69, 9.17) is 5.11 Å². The lowest BCUT2D eigenvalue weighted by atomic mass is 10.2. The van der Waals surface area contributed by atoms with Gasteiger partial charge >= 0.3 is 0 Å². The molecule has 1 rings (SSSR count). The first kappa shape index (κ1) is 8.78. The largest absolute Gasteiger partial charge is 0.515 e. The maximum Gasteiger partial charge on any atom is 0.0842 e. The Morgan fingerprint density at radius 1 is 1.58 bits per heavy atom. The SMILES string of the molecule is CCc1cccc(C(C)=CO)n1. The fraction of sp³-hybridized carbons (Fsp3) is 0.300. The summed E-state index contributed by atoms with van der Waals surface area (Å²) in [6.45, 7) is 3.89. The number of nitrogens with zero attached hydrogens (tertiary/aromatic N) is 1. The van der Waals surface area contributed by atoms with E-state index in [1.807, 2.05) is 25.1 Å². The van der Waals surface area contributed by atoms with E-state index in [2.05, 4.69) is 11.9 Å². The van der Waals surface area contributed by atoms with Gasteiger partial charge in [0, 0.05) is 11.3 Å². The molecule has 12 heavy (non-hydrogen) atoms. The molecule has 1 heterocycles. The maximum atomic E-state index is 8.75. The molecule has 0 radical (unpaired) electrons. The van der Waals surface area contributed by atoms with Crippen LogP contribution in [0.4, 0.5) is 0 Å². The molecule has 0 spiro atoms. The summed E-state index contributed by atoms with van der Waals surface area (Å²) >= 11 is 0. The molecule has 1 N–H and O–H groups in total. The smallest absolute Gasteiger partial charge is 0.0842 e. The van der Waals surface area contributed by atoms with Crippen molar-refractivity contribution in [3.05, 3.63) is 35.8 Å². The lowest BCUT2D eigenvalue weighted by molar-refractivity contribution is 0.475. The number of hydrogen-bond acceptors (Lipinski definition) is 2. The highest BCUT2D eigenvalue weighted by molar-refractivity contribution is 5.58. The Morgan fingerprint density at radius 2 is 2.33 bits per heavy atom. The van der Waals surface area contributed by atoms with E-state index >= 15 is 0 Å². The van der Waals surface area contributed by atoms with Crippen molar-refractivity contribution in [2.75, 3.05) is 0 Å². The van der Waals surface area contributed by atoms with Crippen LogP contribution in [0.25, 0.3) is 5.57 Å². The highest BCUT2D eigenvalue weighted by atomic mass is 16.2. The monoisotopic (exact) mass is 163 g/mol. The Bertz CT molecular complexity index is 292. The fourth-order valence-corrected chi connectivity index (χ4v) is 0.962. The predicted octanol–water partition coefficient (Wildman–Crippen LogP) is 2.56. The second kappa shape index (κ2) is 3.90. The zero-order valence-electron chi connectivity index (χ0n) is 7.41. The number of aliphatic hydroxyl groups excluding tert-OH is 1. The Labute approximate surface area is 72.6 Å². The van der Waals surface area contributed by atoms with Gasteiger partial charge in [0.15, 0.2) is 0 Å². The van der Waals surface area contributed by atoms with Crippen LogP contribution in [0.1, 0.15) is 25.2 Å². The zero-order valence-corrected chi connectivity index (χ0v) is 7.41. The highest BCUT2D eigenvalue weighted by Gasteiger charge is 1.97. The van der Waals surface area contributed by atoms with E-state index in [9.17, 15) is 0 Å². The number of aryl methyl sites for hydroxylation is 1. The molecule has 0 fully saturated rings. The summed E-state index contributed by atoms with van der Waals surface area (Å²) in [5.41, 5.74) is 2.69. The average molecular weight is 163 g/mol. The van der Waals surface area contributed by atoms with Gasteiger partial charge < -0.3 is 5.11 Å². The van der Waals surface area contributed by atoms with E-state index < -0.39 is 0 Å². The topological polar surface area (TPSA) is 33.1 Å². The molecule has 0 aliphatic rings. The molecule has 2 heteroatoms. The number of aliphatic hydroxyl groups is 1. The van der Waals surface area contributed by atoms with Crippen molar-refractivity contribution in [1.82, 2.24) is 4.98 Å². The first-order valence-corrected chi connectivity index (χ1v) is 4.05. The lowest BCUT2D eigenvalue weighted by Crippen LogP contribution is -1.91. The maximum absolute atomic E-state index is 8.75. The van der Waals surface area contributed by atoms with E-state index in [-0.39, 0.29) is 0 Å². The summed E-state index contributed by atoms with van der Waals surface area (Å²) in [6, 6.07) is 5.82. The predicted molar refractivity (Wildman–Crippen MR) is 49.9 cm³/mol. The number of pyridine rings is 1. The number of aromatic nitrogens is 1. The molecule has 0 bridgehead atoms. The minimum Gasteiger partial charge on any atom is -0.515 e. The van der Waals surface area contributed by atoms with Crippen LogP contribution in [0.2, 0.25) is 0 Å². The Balaban J connectivity index is 3.02. The van der Waals surface area contributed by atoms with Gasteiger partial charge in [-0.2, -0.15) is 0 Å². The Morgan fingerprint density at radius 3 is 2.92 bits per heavy atom. The second-order valence-corrected chi connectivity index (χ2v) is 2.68. The molecule has 2 nitrogen and oxygen atoms in total. The van der Waals surface area contributed by atoms with Gasteiger partial charge in [-0.3, -0.25) is 4.98 Å². The molecule has 0 atom stereocenters. The van der Waals surface area contributed by atoms with E-state index in [0.717, 1.165) is 29.6 Å². The first-order chi connectivity index (χ1) is 5.77. The van der Waals surface area contributed by atoms with Crippen LogP contribution < -0.4 is 0 Å². The minimum absolute atomic E-state index is 0.797. The van der Waals surface area contributed by atoms with Crippen molar-refractivity contribution in [2.45, 2.75) is 20.3 Å². The van der Waals surface area contributed by atoms with Crippen molar-refractivity contribution in [3.8, 4) is 0 Å². The molecule has 0 saturated carbocycles. The quantitative estimate of drug-likeness (QED) is 0.680. The van der Waals surface area contributed by atoms with Crippen molar-refractivity contribution < 1.29 is 5.11 Å². The molecule has 1 aromatic heterocycles. The fourth-order valence-electron chi connectivity index (χ4n) is 0.962. The normalized spacial score (nSPS) is 11.7. The van der Waals surface area contributed by atoms with Gasteiger partial charge in [-0.15, -0.1) is 0 Å². The van der Waals surface area contributed by atoms with Crippen molar-refractivity contribution in [2.24, 2.45) is 0 Å². The van der Waals surface area contributed by atoms with Gasteiger partial charge in [-0.1, -0.05) is 13.0 Å². The molecular formula is C10H13NO. The van der Waals surface area contributed by atoms with Crippen LogP contribution in [0, 0.1) is 0 Å². The van der Waals surface area contributed by atoms with Gasteiger partial charge in [-0.25, -0.2) is 0 Å². The summed E-state index contributed by atoms with van der Waals surface area (Å²) in [4.78, 5) is 4.33. The standard InChI is InChI=1S/C10H13NO/c1-3-9-5-4-6-10(11-9)8(2)7-12/h4-7,12H,3H2,1-2H3. The van der Waals surface area contributed by atoms with Crippen LogP contribution in [0.3, 0.4) is 0 Å². The van der Waals surface area contributed by atoms with Gasteiger partial charge in [0.05, 0.1) is 12.0 Å². The second-order valence-electron chi connectivity index (χ2n) is 2.68. The van der Waals surface area contributed by atoms with E-state index in [1.54, 1.807) is 0 Å². The molecule has 0 aliphatic carbocycles. The number of rotatable bonds is 2. The third-order valence-corrected chi connectivity index (χ3v) is 1.77. The highest BCUT2D eigenvalue weighted by Crippen LogP contribution is 2.10. The first-order valence-electron chi connectivity index (χ1n) is 4.05. The van der Waals surface area contributed by atoms with Gasteiger partial charge in [0.1, 0.15) is 0 Å². The van der Waals surface area contributed by atoms with Crippen molar-refractivity contribution in [3.63, 3.8) is 0 Å². The van der Waals surface area contributed by atoms with Gasteiger partial charge in [0.2, 0.25) is 0 Å². The zero-order chi connectivity index (χ0) is 8.97. The van der Waals surface area contributed by atoms with Crippen LogP contribution in [-0.2, 0) is 6.42 Å². The number of allylic oxidation sites excluding steroid dienone is 1. The molecule has 0 unspecified atom stereocenters. The Kier molecular flexibility index (Phi) is 2.86. The van der Waals surface area contributed by atoms with E-state index in [1.165, 1.54) is 0 Å². The summed E-state index contributed by atoms with van der Waals surface area (Å²) in [5, 5.41) is 8.75. The van der Waals surface area contributed by atoms with Crippen LogP contribution in [0.5, 0.6) is 0 Å². The molecule has 1 aromatic rings. The van der Waals surface area contributed by atoms with Gasteiger partial charge in [-0.05, 0) is 25.5 Å². The summed E-state index contributed by atoms with van der Waals surface area (Å²) < 4.78 is 0. The van der Waals surface area contributed by atoms with E-state index in [0.29, 0.717) is 0 Å². The third-order valence-electron chi connectivity index (χ3n) is 1.77. The summed E-state index contributed by atoms with van der Waals surface area (Å²) in [6.07, 6.45) is 2.01. The molecule has 0 saturated heterocycles. The van der Waals surface area contributed by atoms with Crippen molar-refractivity contribution in [1.29, 1.82) is 0 Å². The molecular weight excluding hydrogens is 150 g/mol. The molecule has 0 aromatic carbocycles. The van der Waals surface area contributed by atoms with Crippen LogP contribution in [0.15, 0.2) is 24.5 Å². The summed E-state index contributed by atoms with van der Waals surface area (Å²) in [5.74, 6) is 0. The molecule has 0 aliphatic heterocycles. The number of hydrogen-bond donors (Lipinski definition) is 1. The van der Waals surface area contributed by atoms with Crippen LogP contribution >= 0.6 is 0 Å².